The molecule has 0 aliphatic carbocycles. The van der Waals surface area contributed by atoms with Crippen LogP contribution in [-0.4, -0.2) is 42.5 Å². The van der Waals surface area contributed by atoms with E-state index < -0.39 is 29.7 Å². The second-order valence-electron chi connectivity index (χ2n) is 4.36. The van der Waals surface area contributed by atoms with Gasteiger partial charge in [0, 0.05) is 13.6 Å². The van der Waals surface area contributed by atoms with E-state index in [1.165, 1.54) is 7.05 Å². The molecule has 0 spiro atoms. The van der Waals surface area contributed by atoms with E-state index in [0.717, 1.165) is 0 Å². The number of amides is 2. The number of hydrogen-bond acceptors (Lipinski definition) is 4. The summed E-state index contributed by atoms with van der Waals surface area (Å²) in [6.45, 7) is 3.47. The van der Waals surface area contributed by atoms with E-state index in [4.69, 9.17) is 10.8 Å². The quantitative estimate of drug-likeness (QED) is 0.463. The van der Waals surface area contributed by atoms with Gasteiger partial charge in [-0.25, -0.2) is 0 Å². The van der Waals surface area contributed by atoms with Gasteiger partial charge in [-0.2, -0.15) is 0 Å². The summed E-state index contributed by atoms with van der Waals surface area (Å²) in [6, 6.07) is -0.836. The minimum absolute atomic E-state index is 0.0384. The molecular formula is C11H21N3O4. The molecule has 0 aliphatic rings. The van der Waals surface area contributed by atoms with Crippen LogP contribution in [0, 0.1) is 11.8 Å². The van der Waals surface area contributed by atoms with Crippen LogP contribution in [0.25, 0.3) is 0 Å². The molecule has 7 nitrogen and oxygen atoms in total. The van der Waals surface area contributed by atoms with Crippen LogP contribution in [0.4, 0.5) is 0 Å². The molecule has 0 fully saturated rings. The topological polar surface area (TPSA) is 122 Å². The average Bonchev–Trinajstić information content (AvgIpc) is 2.31. The van der Waals surface area contributed by atoms with Crippen LogP contribution < -0.4 is 16.4 Å². The summed E-state index contributed by atoms with van der Waals surface area (Å²) in [5.74, 6) is -2.73. The maximum Gasteiger partial charge on any atom is 0.304 e. The Hall–Kier alpha value is -1.63. The highest BCUT2D eigenvalue weighted by molar-refractivity contribution is 5.90. The minimum Gasteiger partial charge on any atom is -0.481 e. The molecule has 0 bridgehead atoms. The predicted molar refractivity (Wildman–Crippen MR) is 65.6 cm³/mol. The summed E-state index contributed by atoms with van der Waals surface area (Å²) < 4.78 is 0. The zero-order valence-electron chi connectivity index (χ0n) is 10.9. The Balaban J connectivity index is 4.67. The van der Waals surface area contributed by atoms with Gasteiger partial charge in [-0.1, -0.05) is 13.8 Å². The lowest BCUT2D eigenvalue weighted by atomic mass is 9.91. The van der Waals surface area contributed by atoms with Gasteiger partial charge in [0.25, 0.3) is 0 Å². The van der Waals surface area contributed by atoms with E-state index >= 15 is 0 Å². The average molecular weight is 259 g/mol. The van der Waals surface area contributed by atoms with E-state index in [1.54, 1.807) is 13.8 Å². The van der Waals surface area contributed by atoms with E-state index in [1.807, 2.05) is 0 Å². The molecule has 7 heteroatoms. The van der Waals surface area contributed by atoms with Crippen molar-refractivity contribution in [1.82, 2.24) is 10.6 Å². The van der Waals surface area contributed by atoms with Crippen molar-refractivity contribution < 1.29 is 19.5 Å². The van der Waals surface area contributed by atoms with Crippen LogP contribution in [0.3, 0.4) is 0 Å². The summed E-state index contributed by atoms with van der Waals surface area (Å²) in [5.41, 5.74) is 5.38. The van der Waals surface area contributed by atoms with Gasteiger partial charge in [-0.15, -0.1) is 0 Å². The fourth-order valence-corrected chi connectivity index (χ4v) is 1.50. The van der Waals surface area contributed by atoms with Gasteiger partial charge in [0.15, 0.2) is 0 Å². The third-order valence-electron chi connectivity index (χ3n) is 2.65. The molecule has 0 heterocycles. The first-order valence-electron chi connectivity index (χ1n) is 5.77. The first-order chi connectivity index (χ1) is 8.33. The van der Waals surface area contributed by atoms with Crippen molar-refractivity contribution in [2.24, 2.45) is 17.6 Å². The molecule has 0 rings (SSSR count). The SMILES string of the molecule is CNC(=O)C(CN)NC(=O)C(CC(=O)O)C(C)C. The molecule has 0 aromatic heterocycles. The number of likely N-dealkylation sites (N-methyl/N-ethyl adjacent to an activating group) is 1. The van der Waals surface area contributed by atoms with Gasteiger partial charge in [0.05, 0.1) is 12.3 Å². The summed E-state index contributed by atoms with van der Waals surface area (Å²) in [7, 11) is 1.44. The zero-order valence-corrected chi connectivity index (χ0v) is 10.9. The molecular weight excluding hydrogens is 238 g/mol. The molecule has 0 saturated carbocycles. The second kappa shape index (κ2) is 7.65. The number of hydrogen-bond donors (Lipinski definition) is 4. The van der Waals surface area contributed by atoms with Crippen molar-refractivity contribution >= 4 is 17.8 Å². The Morgan fingerprint density at radius 1 is 1.22 bits per heavy atom. The molecule has 18 heavy (non-hydrogen) atoms. The van der Waals surface area contributed by atoms with Crippen molar-refractivity contribution in [2.75, 3.05) is 13.6 Å². The maximum absolute atomic E-state index is 11.9. The lowest BCUT2D eigenvalue weighted by Crippen LogP contribution is -2.52. The Bertz CT molecular complexity index is 317. The summed E-state index contributed by atoms with van der Waals surface area (Å²) in [5, 5.41) is 13.6. The third kappa shape index (κ3) is 5.13. The van der Waals surface area contributed by atoms with Gasteiger partial charge in [0.1, 0.15) is 6.04 Å². The summed E-state index contributed by atoms with van der Waals surface area (Å²) in [4.78, 5) is 34.0. The standard InChI is InChI=1S/C11H21N3O4/c1-6(2)7(4-9(15)16)10(17)14-8(5-12)11(18)13-3/h6-8H,4-5,12H2,1-3H3,(H,13,18)(H,14,17)(H,15,16). The first kappa shape index (κ1) is 16.4. The van der Waals surface area contributed by atoms with E-state index in [9.17, 15) is 14.4 Å². The molecule has 0 radical (unpaired) electrons. The van der Waals surface area contributed by atoms with Gasteiger partial charge >= 0.3 is 5.97 Å². The molecule has 5 N–H and O–H groups in total. The van der Waals surface area contributed by atoms with E-state index in [-0.39, 0.29) is 18.9 Å². The summed E-state index contributed by atoms with van der Waals surface area (Å²) >= 11 is 0. The number of aliphatic carboxylic acids is 1. The smallest absolute Gasteiger partial charge is 0.304 e. The van der Waals surface area contributed by atoms with Crippen LogP contribution >= 0.6 is 0 Å². The highest BCUT2D eigenvalue weighted by atomic mass is 16.4. The summed E-state index contributed by atoms with van der Waals surface area (Å²) in [6.07, 6.45) is -0.269. The molecule has 104 valence electrons. The molecule has 0 aromatic rings. The van der Waals surface area contributed by atoms with Crippen molar-refractivity contribution in [1.29, 1.82) is 0 Å². The normalized spacial score (nSPS) is 13.8. The van der Waals surface area contributed by atoms with Crippen LogP contribution in [0.5, 0.6) is 0 Å². The molecule has 2 amide bonds. The van der Waals surface area contributed by atoms with Crippen LogP contribution in [0.1, 0.15) is 20.3 Å². The van der Waals surface area contributed by atoms with Crippen LogP contribution in [0.15, 0.2) is 0 Å². The Kier molecular flexibility index (Phi) is 6.96. The lowest BCUT2D eigenvalue weighted by Gasteiger charge is -2.22. The number of carbonyl (C=O) groups is 3. The number of nitrogens with two attached hydrogens (primary N) is 1. The molecule has 0 aliphatic heterocycles. The molecule has 0 saturated heterocycles. The van der Waals surface area contributed by atoms with Crippen LogP contribution in [0.2, 0.25) is 0 Å². The molecule has 2 unspecified atom stereocenters. The molecule has 2 atom stereocenters. The minimum atomic E-state index is -1.05. The third-order valence-corrected chi connectivity index (χ3v) is 2.65. The van der Waals surface area contributed by atoms with Gasteiger partial charge in [0.2, 0.25) is 11.8 Å². The Morgan fingerprint density at radius 3 is 2.11 bits per heavy atom. The monoisotopic (exact) mass is 259 g/mol. The number of carboxylic acid groups (broad SMARTS) is 1. The number of rotatable bonds is 7. The van der Waals surface area contributed by atoms with Gasteiger partial charge < -0.3 is 21.5 Å². The number of carbonyl (C=O) groups excluding carboxylic acids is 2. The largest absolute Gasteiger partial charge is 0.481 e. The highest BCUT2D eigenvalue weighted by Gasteiger charge is 2.28. The van der Waals surface area contributed by atoms with Gasteiger partial charge in [-0.05, 0) is 5.92 Å². The fraction of sp³-hybridized carbons (Fsp3) is 0.727. The lowest BCUT2D eigenvalue weighted by molar-refractivity contribution is -0.142. The molecule has 0 aromatic carbocycles. The predicted octanol–water partition coefficient (Wildman–Crippen LogP) is -1.08. The Labute approximate surface area is 106 Å². The van der Waals surface area contributed by atoms with Crippen molar-refractivity contribution in [2.45, 2.75) is 26.3 Å². The zero-order chi connectivity index (χ0) is 14.3. The highest BCUT2D eigenvalue weighted by Crippen LogP contribution is 2.15. The van der Waals surface area contributed by atoms with Crippen molar-refractivity contribution in [3.05, 3.63) is 0 Å². The van der Waals surface area contributed by atoms with Gasteiger partial charge in [-0.3, -0.25) is 14.4 Å². The van der Waals surface area contributed by atoms with Crippen molar-refractivity contribution in [3.63, 3.8) is 0 Å². The first-order valence-corrected chi connectivity index (χ1v) is 5.77. The van der Waals surface area contributed by atoms with E-state index in [0.29, 0.717) is 0 Å². The number of carboxylic acids is 1. The van der Waals surface area contributed by atoms with Crippen molar-refractivity contribution in [3.8, 4) is 0 Å². The van der Waals surface area contributed by atoms with Crippen LogP contribution in [-0.2, 0) is 14.4 Å². The fourth-order valence-electron chi connectivity index (χ4n) is 1.50. The maximum atomic E-state index is 11.9. The Morgan fingerprint density at radius 2 is 1.78 bits per heavy atom. The van der Waals surface area contributed by atoms with E-state index in [2.05, 4.69) is 10.6 Å². The second-order valence-corrected chi connectivity index (χ2v) is 4.36. The number of nitrogens with one attached hydrogen (secondary N) is 2.